The van der Waals surface area contributed by atoms with E-state index in [4.69, 9.17) is 10.3 Å². The molecule has 1 aromatic rings. The molecule has 2 N–H and O–H groups in total. The molecule has 1 aliphatic heterocycles. The van der Waals surface area contributed by atoms with Crippen molar-refractivity contribution in [1.82, 2.24) is 15.0 Å². The van der Waals surface area contributed by atoms with Gasteiger partial charge in [0.2, 0.25) is 11.8 Å². The van der Waals surface area contributed by atoms with Crippen molar-refractivity contribution in [1.29, 1.82) is 0 Å². The minimum Gasteiger partial charge on any atom is -0.341 e. The second-order valence-electron chi connectivity index (χ2n) is 4.47. The van der Waals surface area contributed by atoms with Gasteiger partial charge in [0, 0.05) is 19.0 Å². The number of carbonyl (C=O) groups is 1. The summed E-state index contributed by atoms with van der Waals surface area (Å²) in [6, 6.07) is 0. The Kier molecular flexibility index (Phi) is 2.17. The molecular formula is C10H14N4O2. The van der Waals surface area contributed by atoms with Crippen molar-refractivity contribution in [3.8, 4) is 0 Å². The Bertz CT molecular complexity index is 407. The van der Waals surface area contributed by atoms with Crippen molar-refractivity contribution in [2.24, 2.45) is 11.7 Å². The van der Waals surface area contributed by atoms with Crippen molar-refractivity contribution in [3.63, 3.8) is 0 Å². The number of hydrogen-bond donors (Lipinski definition) is 1. The van der Waals surface area contributed by atoms with Gasteiger partial charge in [-0.3, -0.25) is 4.79 Å². The van der Waals surface area contributed by atoms with Crippen molar-refractivity contribution in [3.05, 3.63) is 11.7 Å². The van der Waals surface area contributed by atoms with Gasteiger partial charge in [-0.2, -0.15) is 4.98 Å². The number of hydrogen-bond acceptors (Lipinski definition) is 5. The summed E-state index contributed by atoms with van der Waals surface area (Å²) >= 11 is 0. The number of rotatable bonds is 3. The minimum absolute atomic E-state index is 0.204. The molecule has 0 spiro atoms. The molecule has 2 fully saturated rings. The van der Waals surface area contributed by atoms with Crippen LogP contribution in [0.3, 0.4) is 0 Å². The Labute approximate surface area is 92.8 Å². The van der Waals surface area contributed by atoms with Crippen LogP contribution < -0.4 is 5.73 Å². The van der Waals surface area contributed by atoms with Gasteiger partial charge < -0.3 is 15.2 Å². The zero-order chi connectivity index (χ0) is 11.1. The second kappa shape index (κ2) is 3.55. The highest BCUT2D eigenvalue weighted by Crippen LogP contribution is 2.35. The summed E-state index contributed by atoms with van der Waals surface area (Å²) in [6.45, 7) is 1.71. The van der Waals surface area contributed by atoms with E-state index >= 15 is 0 Å². The fraction of sp³-hybridized carbons (Fsp3) is 0.700. The standard InChI is InChI=1S/C10H14N4O2/c11-3-8-12-9(16-13-8)7-4-14(5-7)10(15)6-1-2-6/h6-7H,1-5,11H2. The van der Waals surface area contributed by atoms with Crippen molar-refractivity contribution in [2.75, 3.05) is 13.1 Å². The largest absolute Gasteiger partial charge is 0.341 e. The van der Waals surface area contributed by atoms with Crippen LogP contribution in [-0.4, -0.2) is 34.0 Å². The Morgan fingerprint density at radius 1 is 1.50 bits per heavy atom. The number of nitrogens with two attached hydrogens (primary N) is 1. The first-order chi connectivity index (χ1) is 7.78. The van der Waals surface area contributed by atoms with Crippen LogP contribution in [0.15, 0.2) is 4.52 Å². The Morgan fingerprint density at radius 3 is 2.81 bits per heavy atom. The maximum absolute atomic E-state index is 11.7. The van der Waals surface area contributed by atoms with Gasteiger partial charge in [0.05, 0.1) is 12.5 Å². The SMILES string of the molecule is NCc1noc(C2CN(C(=O)C3CC3)C2)n1. The predicted octanol–water partition coefficient (Wildman–Crippen LogP) is -0.136. The summed E-state index contributed by atoms with van der Waals surface area (Å²) in [5.41, 5.74) is 5.40. The lowest BCUT2D eigenvalue weighted by atomic mass is 9.99. The topological polar surface area (TPSA) is 85.2 Å². The van der Waals surface area contributed by atoms with Crippen LogP contribution in [0.25, 0.3) is 0 Å². The molecule has 0 atom stereocenters. The molecule has 1 aromatic heterocycles. The minimum atomic E-state index is 0.204. The second-order valence-corrected chi connectivity index (χ2v) is 4.47. The summed E-state index contributed by atoms with van der Waals surface area (Å²) in [5, 5.41) is 3.74. The predicted molar refractivity (Wildman–Crippen MR) is 54.2 cm³/mol. The molecule has 1 saturated carbocycles. The highest BCUT2D eigenvalue weighted by molar-refractivity contribution is 5.81. The molecule has 6 heteroatoms. The van der Waals surface area contributed by atoms with E-state index in [-0.39, 0.29) is 11.8 Å². The van der Waals surface area contributed by atoms with Gasteiger partial charge in [-0.05, 0) is 12.8 Å². The van der Waals surface area contributed by atoms with E-state index < -0.39 is 0 Å². The molecule has 0 bridgehead atoms. The highest BCUT2D eigenvalue weighted by Gasteiger charge is 2.41. The molecule has 1 saturated heterocycles. The Morgan fingerprint density at radius 2 is 2.25 bits per heavy atom. The van der Waals surface area contributed by atoms with E-state index in [1.54, 1.807) is 0 Å². The lowest BCUT2D eigenvalue weighted by Crippen LogP contribution is -2.49. The molecule has 6 nitrogen and oxygen atoms in total. The zero-order valence-electron chi connectivity index (χ0n) is 8.93. The van der Waals surface area contributed by atoms with E-state index in [2.05, 4.69) is 10.1 Å². The summed E-state index contributed by atoms with van der Waals surface area (Å²) in [5.74, 6) is 1.93. The van der Waals surface area contributed by atoms with Crippen LogP contribution in [0.2, 0.25) is 0 Å². The zero-order valence-corrected chi connectivity index (χ0v) is 8.93. The maximum atomic E-state index is 11.7. The molecule has 2 heterocycles. The summed E-state index contributed by atoms with van der Waals surface area (Å²) in [4.78, 5) is 17.7. The fourth-order valence-corrected chi connectivity index (χ4v) is 1.92. The molecule has 2 aliphatic rings. The number of amides is 1. The summed E-state index contributed by atoms with van der Waals surface area (Å²) in [7, 11) is 0. The third-order valence-electron chi connectivity index (χ3n) is 3.14. The lowest BCUT2D eigenvalue weighted by Gasteiger charge is -2.37. The van der Waals surface area contributed by atoms with E-state index in [9.17, 15) is 4.79 Å². The maximum Gasteiger partial charge on any atom is 0.233 e. The fourth-order valence-electron chi connectivity index (χ4n) is 1.92. The van der Waals surface area contributed by atoms with Gasteiger partial charge in [-0.1, -0.05) is 5.16 Å². The molecule has 1 amide bonds. The molecule has 0 radical (unpaired) electrons. The highest BCUT2D eigenvalue weighted by atomic mass is 16.5. The average molecular weight is 222 g/mol. The van der Waals surface area contributed by atoms with Crippen LogP contribution in [0, 0.1) is 5.92 Å². The Hall–Kier alpha value is -1.43. The lowest BCUT2D eigenvalue weighted by molar-refractivity contribution is -0.137. The van der Waals surface area contributed by atoms with Gasteiger partial charge >= 0.3 is 0 Å². The first-order valence-electron chi connectivity index (χ1n) is 5.59. The molecule has 0 aromatic carbocycles. The Balaban J connectivity index is 1.57. The van der Waals surface area contributed by atoms with Gasteiger partial charge in [-0.15, -0.1) is 0 Å². The number of likely N-dealkylation sites (tertiary alicyclic amines) is 1. The van der Waals surface area contributed by atoms with Crippen LogP contribution >= 0.6 is 0 Å². The molecule has 3 rings (SSSR count). The van der Waals surface area contributed by atoms with Crippen LogP contribution in [0.1, 0.15) is 30.5 Å². The van der Waals surface area contributed by atoms with Crippen LogP contribution in [-0.2, 0) is 11.3 Å². The number of aromatic nitrogens is 2. The first kappa shape index (κ1) is 9.77. The molecule has 16 heavy (non-hydrogen) atoms. The normalized spacial score (nSPS) is 20.9. The van der Waals surface area contributed by atoms with E-state index in [0.29, 0.717) is 37.3 Å². The average Bonchev–Trinajstić information content (AvgIpc) is 2.97. The van der Waals surface area contributed by atoms with E-state index in [1.807, 2.05) is 4.90 Å². The number of nitrogens with zero attached hydrogens (tertiary/aromatic N) is 3. The summed E-state index contributed by atoms with van der Waals surface area (Å²) in [6.07, 6.45) is 2.11. The molecule has 0 unspecified atom stereocenters. The van der Waals surface area contributed by atoms with Crippen LogP contribution in [0.4, 0.5) is 0 Å². The molecule has 1 aliphatic carbocycles. The van der Waals surface area contributed by atoms with E-state index in [1.165, 1.54) is 0 Å². The monoisotopic (exact) mass is 222 g/mol. The first-order valence-corrected chi connectivity index (χ1v) is 5.59. The van der Waals surface area contributed by atoms with Crippen LogP contribution in [0.5, 0.6) is 0 Å². The van der Waals surface area contributed by atoms with Gasteiger partial charge in [-0.25, -0.2) is 0 Å². The number of carbonyl (C=O) groups excluding carboxylic acids is 1. The molecular weight excluding hydrogens is 208 g/mol. The van der Waals surface area contributed by atoms with Gasteiger partial charge in [0.15, 0.2) is 5.82 Å². The van der Waals surface area contributed by atoms with Crippen molar-refractivity contribution >= 4 is 5.91 Å². The van der Waals surface area contributed by atoms with E-state index in [0.717, 1.165) is 12.8 Å². The molecule has 86 valence electrons. The van der Waals surface area contributed by atoms with Crippen molar-refractivity contribution in [2.45, 2.75) is 25.3 Å². The van der Waals surface area contributed by atoms with Gasteiger partial charge in [0.1, 0.15) is 0 Å². The summed E-state index contributed by atoms with van der Waals surface area (Å²) < 4.78 is 5.08. The third-order valence-corrected chi connectivity index (χ3v) is 3.14. The quantitative estimate of drug-likeness (QED) is 0.769. The van der Waals surface area contributed by atoms with Gasteiger partial charge in [0.25, 0.3) is 0 Å². The third kappa shape index (κ3) is 1.59. The van der Waals surface area contributed by atoms with Crippen molar-refractivity contribution < 1.29 is 9.32 Å². The smallest absolute Gasteiger partial charge is 0.233 e.